The summed E-state index contributed by atoms with van der Waals surface area (Å²) in [6, 6.07) is 1.61. The van der Waals surface area contributed by atoms with Crippen molar-refractivity contribution in [2.45, 2.75) is 26.1 Å². The van der Waals surface area contributed by atoms with Crippen molar-refractivity contribution in [3.05, 3.63) is 33.9 Å². The van der Waals surface area contributed by atoms with Gasteiger partial charge in [-0.1, -0.05) is 17.7 Å². The van der Waals surface area contributed by atoms with Gasteiger partial charge >= 0.3 is 6.18 Å². The highest BCUT2D eigenvalue weighted by Crippen LogP contribution is 2.38. The number of halogens is 4. The number of hydrogen-bond acceptors (Lipinski definition) is 1. The highest BCUT2D eigenvalue weighted by molar-refractivity contribution is 6.31. The molecule has 0 aliphatic carbocycles. The van der Waals surface area contributed by atoms with Crippen molar-refractivity contribution >= 4 is 17.7 Å². The minimum Gasteiger partial charge on any atom is -0.476 e. The highest BCUT2D eigenvalue weighted by Gasteiger charge is 2.41. The van der Waals surface area contributed by atoms with Crippen LogP contribution in [0.4, 0.5) is 13.2 Å². The molecule has 0 fully saturated rings. The summed E-state index contributed by atoms with van der Waals surface area (Å²) in [5.74, 6) is 0.261. The molecule has 1 aromatic carbocycles. The van der Waals surface area contributed by atoms with E-state index in [-0.39, 0.29) is 5.75 Å². The molecule has 1 atom stereocenters. The summed E-state index contributed by atoms with van der Waals surface area (Å²) < 4.78 is 42.6. The monoisotopic (exact) mass is 262 g/mol. The maximum atomic E-state index is 12.5. The summed E-state index contributed by atoms with van der Waals surface area (Å²) in [5, 5.41) is 0.528. The number of fused-ring (bicyclic) bond motifs is 1. The fourth-order valence-corrected chi connectivity index (χ4v) is 1.95. The molecular formula is C12H10ClF3O. The van der Waals surface area contributed by atoms with Crippen molar-refractivity contribution in [3.8, 4) is 5.75 Å². The summed E-state index contributed by atoms with van der Waals surface area (Å²) in [5.41, 5.74) is 1.96. The molecule has 0 N–H and O–H groups in total. The second-order valence-corrected chi connectivity index (χ2v) is 4.37. The van der Waals surface area contributed by atoms with Crippen molar-refractivity contribution < 1.29 is 17.9 Å². The Balaban J connectivity index is 2.48. The van der Waals surface area contributed by atoms with Gasteiger partial charge in [-0.25, -0.2) is 0 Å². The van der Waals surface area contributed by atoms with E-state index in [0.29, 0.717) is 16.1 Å². The van der Waals surface area contributed by atoms with Gasteiger partial charge < -0.3 is 4.74 Å². The first-order valence-electron chi connectivity index (χ1n) is 5.02. The number of alkyl halides is 3. The summed E-state index contributed by atoms with van der Waals surface area (Å²) in [4.78, 5) is 0. The Bertz CT molecular complexity index is 492. The maximum absolute atomic E-state index is 12.5. The molecule has 5 heteroatoms. The Hall–Kier alpha value is -1.16. The fraction of sp³-hybridized carbons (Fsp3) is 0.333. The molecule has 1 nitrogen and oxygen atoms in total. The molecule has 0 saturated heterocycles. The maximum Gasteiger partial charge on any atom is 0.429 e. The largest absolute Gasteiger partial charge is 0.476 e. The van der Waals surface area contributed by atoms with Gasteiger partial charge in [0.25, 0.3) is 0 Å². The van der Waals surface area contributed by atoms with E-state index in [0.717, 1.165) is 11.6 Å². The van der Waals surface area contributed by atoms with Crippen molar-refractivity contribution in [1.29, 1.82) is 0 Å². The Morgan fingerprint density at radius 2 is 1.88 bits per heavy atom. The van der Waals surface area contributed by atoms with Gasteiger partial charge in [-0.3, -0.25) is 0 Å². The molecule has 0 amide bonds. The van der Waals surface area contributed by atoms with E-state index in [2.05, 4.69) is 0 Å². The number of hydrogen-bond donors (Lipinski definition) is 0. The Kier molecular flexibility index (Phi) is 2.86. The van der Waals surface area contributed by atoms with E-state index in [1.54, 1.807) is 19.9 Å². The highest BCUT2D eigenvalue weighted by atomic mass is 35.5. The number of benzene rings is 1. The van der Waals surface area contributed by atoms with Crippen LogP contribution in [0.2, 0.25) is 5.02 Å². The molecule has 0 aromatic heterocycles. The van der Waals surface area contributed by atoms with Crippen LogP contribution >= 0.6 is 11.6 Å². The van der Waals surface area contributed by atoms with E-state index < -0.39 is 12.3 Å². The quantitative estimate of drug-likeness (QED) is 0.678. The molecule has 0 saturated carbocycles. The minimum absolute atomic E-state index is 0.261. The molecule has 2 rings (SSSR count). The normalized spacial score (nSPS) is 18.8. The predicted octanol–water partition coefficient (Wildman–Crippen LogP) is 4.29. The van der Waals surface area contributed by atoms with Crippen molar-refractivity contribution in [1.82, 2.24) is 0 Å². The van der Waals surface area contributed by atoms with Crippen molar-refractivity contribution in [3.63, 3.8) is 0 Å². The molecule has 1 aliphatic heterocycles. The molecule has 0 radical (unpaired) electrons. The van der Waals surface area contributed by atoms with Gasteiger partial charge in [0, 0.05) is 10.6 Å². The van der Waals surface area contributed by atoms with Gasteiger partial charge in [0.15, 0.2) is 0 Å². The SMILES string of the molecule is Cc1c(Cl)cc2c(c1C)OC(C(F)(F)F)C=C2. The zero-order chi connectivity index (χ0) is 12.8. The van der Waals surface area contributed by atoms with Crippen LogP contribution in [0.25, 0.3) is 6.08 Å². The van der Waals surface area contributed by atoms with Crippen LogP contribution in [0.3, 0.4) is 0 Å². The lowest BCUT2D eigenvalue weighted by Gasteiger charge is -2.25. The molecular weight excluding hydrogens is 253 g/mol. The van der Waals surface area contributed by atoms with Crippen LogP contribution in [0.5, 0.6) is 5.75 Å². The van der Waals surface area contributed by atoms with E-state index in [1.165, 1.54) is 6.08 Å². The summed E-state index contributed by atoms with van der Waals surface area (Å²) in [7, 11) is 0. The molecule has 17 heavy (non-hydrogen) atoms. The average Bonchev–Trinajstić information content (AvgIpc) is 2.24. The molecule has 1 unspecified atom stereocenters. The average molecular weight is 263 g/mol. The van der Waals surface area contributed by atoms with E-state index in [1.807, 2.05) is 0 Å². The van der Waals surface area contributed by atoms with Gasteiger partial charge in [-0.05, 0) is 37.1 Å². The molecule has 0 bridgehead atoms. The van der Waals surface area contributed by atoms with Crippen LogP contribution in [0, 0.1) is 13.8 Å². The first-order valence-corrected chi connectivity index (χ1v) is 5.40. The predicted molar refractivity (Wildman–Crippen MR) is 60.4 cm³/mol. The second kappa shape index (κ2) is 3.95. The Morgan fingerprint density at radius 3 is 2.47 bits per heavy atom. The van der Waals surface area contributed by atoms with E-state index in [9.17, 15) is 13.2 Å². The molecule has 0 spiro atoms. The topological polar surface area (TPSA) is 9.23 Å². The van der Waals surface area contributed by atoms with Crippen LogP contribution in [-0.2, 0) is 0 Å². The third-order valence-electron chi connectivity index (χ3n) is 2.82. The van der Waals surface area contributed by atoms with Crippen molar-refractivity contribution in [2.75, 3.05) is 0 Å². The molecule has 1 heterocycles. The summed E-state index contributed by atoms with van der Waals surface area (Å²) in [6.45, 7) is 3.45. The minimum atomic E-state index is -4.39. The summed E-state index contributed by atoms with van der Waals surface area (Å²) in [6.07, 6.45) is -3.88. The molecule has 92 valence electrons. The smallest absolute Gasteiger partial charge is 0.429 e. The van der Waals surface area contributed by atoms with Crippen LogP contribution in [0.15, 0.2) is 12.1 Å². The van der Waals surface area contributed by atoms with Gasteiger partial charge in [0.1, 0.15) is 5.75 Å². The number of ether oxygens (including phenoxy) is 1. The first kappa shape index (κ1) is 12.3. The fourth-order valence-electron chi connectivity index (χ4n) is 1.69. The van der Waals surface area contributed by atoms with Gasteiger partial charge in [0.2, 0.25) is 6.10 Å². The summed E-state index contributed by atoms with van der Waals surface area (Å²) >= 11 is 5.97. The number of rotatable bonds is 0. The zero-order valence-corrected chi connectivity index (χ0v) is 9.99. The van der Waals surface area contributed by atoms with Gasteiger partial charge in [-0.15, -0.1) is 0 Å². The second-order valence-electron chi connectivity index (χ2n) is 3.97. The van der Waals surface area contributed by atoms with Gasteiger partial charge in [0.05, 0.1) is 0 Å². The van der Waals surface area contributed by atoms with Crippen LogP contribution in [-0.4, -0.2) is 12.3 Å². The first-order chi connectivity index (χ1) is 7.80. The zero-order valence-electron chi connectivity index (χ0n) is 9.23. The molecule has 1 aliphatic rings. The third-order valence-corrected chi connectivity index (χ3v) is 3.22. The van der Waals surface area contributed by atoms with Crippen LogP contribution < -0.4 is 4.74 Å². The van der Waals surface area contributed by atoms with Crippen molar-refractivity contribution in [2.24, 2.45) is 0 Å². The molecule has 1 aromatic rings. The Morgan fingerprint density at radius 1 is 1.24 bits per heavy atom. The lowest BCUT2D eigenvalue weighted by molar-refractivity contribution is -0.180. The lowest BCUT2D eigenvalue weighted by Crippen LogP contribution is -2.34. The van der Waals surface area contributed by atoms with E-state index >= 15 is 0 Å². The van der Waals surface area contributed by atoms with E-state index in [4.69, 9.17) is 16.3 Å². The van der Waals surface area contributed by atoms with Gasteiger partial charge in [-0.2, -0.15) is 13.2 Å². The van der Waals surface area contributed by atoms with Crippen LogP contribution in [0.1, 0.15) is 16.7 Å². The standard InChI is InChI=1S/C12H10ClF3O/c1-6-7(2)11-8(5-9(6)13)3-4-10(17-11)12(14,15)16/h3-5,10H,1-2H3. The lowest BCUT2D eigenvalue weighted by atomic mass is 10.0. The Labute approximate surface area is 102 Å². The third kappa shape index (κ3) is 2.14.